The summed E-state index contributed by atoms with van der Waals surface area (Å²) in [5.41, 5.74) is 15.7. The standard InChI is InChI=1S/C58H38N2O/c1-4-12-39(13-5-1)40-20-22-41(23-21-40)42-26-30-48(31-27-42)59(46-14-6-2-7-15-46)49-32-35-56-53(38-49)58-51-36-44(25-24-43(51)29-34-57(58)61-56)45-28-33-55-52(37-45)50-18-10-11-19-54(50)60(55)47-16-8-3-9-17-47/h1-38H. The summed E-state index contributed by atoms with van der Waals surface area (Å²) in [6, 6.07) is 82.8. The van der Waals surface area contributed by atoms with Crippen molar-refractivity contribution in [1.82, 2.24) is 4.57 Å². The SMILES string of the molecule is c1ccc(-c2ccc(-c3ccc(N(c4ccccc4)c4ccc5oc6ccc7ccc(-c8ccc9c(c8)c8ccccc8n9-c8ccccc8)cc7c6c5c4)cc3)cc2)cc1. The molecule has 286 valence electrons. The molecular weight excluding hydrogens is 741 g/mol. The van der Waals surface area contributed by atoms with Crippen LogP contribution < -0.4 is 4.90 Å². The number of para-hydroxylation sites is 3. The van der Waals surface area contributed by atoms with Crippen molar-refractivity contribution in [3.05, 3.63) is 231 Å². The van der Waals surface area contributed by atoms with Crippen LogP contribution in [0.3, 0.4) is 0 Å². The van der Waals surface area contributed by atoms with Crippen molar-refractivity contribution in [3.63, 3.8) is 0 Å². The van der Waals surface area contributed by atoms with Crippen molar-refractivity contribution in [2.75, 3.05) is 4.90 Å². The van der Waals surface area contributed by atoms with E-state index in [1.807, 2.05) is 0 Å². The Labute approximate surface area is 353 Å². The molecule has 2 heterocycles. The van der Waals surface area contributed by atoms with Gasteiger partial charge in [-0.3, -0.25) is 0 Å². The average molecular weight is 779 g/mol. The van der Waals surface area contributed by atoms with Gasteiger partial charge in [0.2, 0.25) is 0 Å². The van der Waals surface area contributed by atoms with Crippen LogP contribution >= 0.6 is 0 Å². The maximum Gasteiger partial charge on any atom is 0.136 e. The van der Waals surface area contributed by atoms with Gasteiger partial charge >= 0.3 is 0 Å². The van der Waals surface area contributed by atoms with Gasteiger partial charge in [-0.15, -0.1) is 0 Å². The molecule has 0 atom stereocenters. The second kappa shape index (κ2) is 14.3. The third-order valence-corrected chi connectivity index (χ3v) is 12.2. The molecule has 0 saturated heterocycles. The largest absolute Gasteiger partial charge is 0.456 e. The fourth-order valence-electron chi connectivity index (χ4n) is 9.22. The first-order valence-corrected chi connectivity index (χ1v) is 20.8. The molecule has 2 aromatic heterocycles. The van der Waals surface area contributed by atoms with E-state index < -0.39 is 0 Å². The molecule has 0 aliphatic rings. The van der Waals surface area contributed by atoms with Crippen molar-refractivity contribution in [2.45, 2.75) is 0 Å². The molecule has 0 bridgehead atoms. The third-order valence-electron chi connectivity index (χ3n) is 12.2. The smallest absolute Gasteiger partial charge is 0.136 e. The number of rotatable bonds is 7. The van der Waals surface area contributed by atoms with E-state index >= 15 is 0 Å². The summed E-state index contributed by atoms with van der Waals surface area (Å²) < 4.78 is 8.95. The zero-order valence-electron chi connectivity index (χ0n) is 33.2. The first-order valence-electron chi connectivity index (χ1n) is 20.8. The van der Waals surface area contributed by atoms with Gasteiger partial charge in [0.15, 0.2) is 0 Å². The normalized spacial score (nSPS) is 11.6. The molecule has 0 fully saturated rings. The Balaban J connectivity index is 0.954. The number of fused-ring (bicyclic) bond motifs is 8. The molecule has 0 aliphatic heterocycles. The number of hydrogen-bond acceptors (Lipinski definition) is 2. The molecule has 12 rings (SSSR count). The molecule has 61 heavy (non-hydrogen) atoms. The van der Waals surface area contributed by atoms with Crippen LogP contribution in [0.25, 0.3) is 93.6 Å². The average Bonchev–Trinajstić information content (AvgIpc) is 3.88. The number of nitrogens with zero attached hydrogens (tertiary/aromatic N) is 2. The zero-order valence-corrected chi connectivity index (χ0v) is 33.2. The molecule has 12 aromatic rings. The highest BCUT2D eigenvalue weighted by molar-refractivity contribution is 6.20. The second-order valence-electron chi connectivity index (χ2n) is 15.7. The minimum absolute atomic E-state index is 0.870. The van der Waals surface area contributed by atoms with Gasteiger partial charge in [-0.2, -0.15) is 0 Å². The highest BCUT2D eigenvalue weighted by atomic mass is 16.3. The molecule has 0 spiro atoms. The lowest BCUT2D eigenvalue weighted by Gasteiger charge is -2.25. The Hall–Kier alpha value is -8.14. The van der Waals surface area contributed by atoms with Gasteiger partial charge in [-0.25, -0.2) is 0 Å². The van der Waals surface area contributed by atoms with E-state index in [0.717, 1.165) is 44.7 Å². The predicted molar refractivity (Wildman–Crippen MR) is 257 cm³/mol. The van der Waals surface area contributed by atoms with Crippen LogP contribution in [0.5, 0.6) is 0 Å². The van der Waals surface area contributed by atoms with E-state index in [1.54, 1.807) is 0 Å². The van der Waals surface area contributed by atoms with Crippen LogP contribution in [-0.4, -0.2) is 4.57 Å². The van der Waals surface area contributed by atoms with Gasteiger partial charge in [0.1, 0.15) is 11.2 Å². The Morgan fingerprint density at radius 3 is 1.56 bits per heavy atom. The summed E-state index contributed by atoms with van der Waals surface area (Å²) in [7, 11) is 0. The Kier molecular flexibility index (Phi) is 8.17. The molecule has 0 radical (unpaired) electrons. The Morgan fingerprint density at radius 2 is 0.820 bits per heavy atom. The van der Waals surface area contributed by atoms with Crippen LogP contribution in [0.1, 0.15) is 0 Å². The molecule has 10 aromatic carbocycles. The predicted octanol–water partition coefficient (Wildman–Crippen LogP) is 16.3. The van der Waals surface area contributed by atoms with Gasteiger partial charge in [0, 0.05) is 44.3 Å². The molecule has 3 heteroatoms. The highest BCUT2D eigenvalue weighted by Gasteiger charge is 2.18. The Morgan fingerprint density at radius 1 is 0.311 bits per heavy atom. The number of anilines is 3. The van der Waals surface area contributed by atoms with E-state index in [-0.39, 0.29) is 0 Å². The maximum absolute atomic E-state index is 6.58. The molecule has 0 N–H and O–H groups in total. The van der Waals surface area contributed by atoms with Gasteiger partial charge in [0.25, 0.3) is 0 Å². The van der Waals surface area contributed by atoms with E-state index in [0.29, 0.717) is 0 Å². The van der Waals surface area contributed by atoms with Crippen molar-refractivity contribution in [2.24, 2.45) is 0 Å². The zero-order chi connectivity index (χ0) is 40.3. The fourth-order valence-corrected chi connectivity index (χ4v) is 9.22. The lowest BCUT2D eigenvalue weighted by atomic mass is 9.97. The summed E-state index contributed by atoms with van der Waals surface area (Å²) in [4.78, 5) is 2.33. The number of furan rings is 1. The highest BCUT2D eigenvalue weighted by Crippen LogP contribution is 2.42. The molecule has 0 amide bonds. The summed E-state index contributed by atoms with van der Waals surface area (Å²) >= 11 is 0. The van der Waals surface area contributed by atoms with Crippen molar-refractivity contribution >= 4 is 71.6 Å². The number of benzene rings is 10. The van der Waals surface area contributed by atoms with E-state index in [1.165, 1.54) is 66.0 Å². The summed E-state index contributed by atoms with van der Waals surface area (Å²) in [6.07, 6.45) is 0. The first-order chi connectivity index (χ1) is 30.2. The third kappa shape index (κ3) is 5.98. The quantitative estimate of drug-likeness (QED) is 0.161. The fraction of sp³-hybridized carbons (Fsp3) is 0. The van der Waals surface area contributed by atoms with Crippen LogP contribution in [-0.2, 0) is 0 Å². The van der Waals surface area contributed by atoms with E-state index in [4.69, 9.17) is 4.42 Å². The molecular formula is C58H38N2O. The molecule has 0 saturated carbocycles. The molecule has 0 aliphatic carbocycles. The van der Waals surface area contributed by atoms with Crippen LogP contribution in [0.15, 0.2) is 235 Å². The first kappa shape index (κ1) is 34.9. The van der Waals surface area contributed by atoms with Crippen LogP contribution in [0.2, 0.25) is 0 Å². The lowest BCUT2D eigenvalue weighted by Crippen LogP contribution is -2.09. The monoisotopic (exact) mass is 778 g/mol. The minimum atomic E-state index is 0.870. The van der Waals surface area contributed by atoms with Crippen LogP contribution in [0, 0.1) is 0 Å². The summed E-state index contributed by atoms with van der Waals surface area (Å²) in [6.45, 7) is 0. The Bertz CT molecular complexity index is 3550. The topological polar surface area (TPSA) is 21.3 Å². The lowest BCUT2D eigenvalue weighted by molar-refractivity contribution is 0.669. The second-order valence-corrected chi connectivity index (χ2v) is 15.7. The van der Waals surface area contributed by atoms with Gasteiger partial charge < -0.3 is 13.9 Å². The van der Waals surface area contributed by atoms with E-state index in [9.17, 15) is 0 Å². The van der Waals surface area contributed by atoms with Crippen molar-refractivity contribution in [1.29, 1.82) is 0 Å². The maximum atomic E-state index is 6.58. The van der Waals surface area contributed by atoms with Crippen molar-refractivity contribution < 1.29 is 4.42 Å². The number of hydrogen-bond donors (Lipinski definition) is 0. The van der Waals surface area contributed by atoms with Crippen LogP contribution in [0.4, 0.5) is 17.1 Å². The van der Waals surface area contributed by atoms with Gasteiger partial charge in [-0.1, -0.05) is 146 Å². The minimum Gasteiger partial charge on any atom is -0.456 e. The summed E-state index contributed by atoms with van der Waals surface area (Å²) in [5.74, 6) is 0. The van der Waals surface area contributed by atoms with Gasteiger partial charge in [0.05, 0.1) is 11.0 Å². The molecule has 3 nitrogen and oxygen atoms in total. The number of aromatic nitrogens is 1. The van der Waals surface area contributed by atoms with E-state index in [2.05, 4.69) is 240 Å². The van der Waals surface area contributed by atoms with Crippen molar-refractivity contribution in [3.8, 4) is 39.1 Å². The van der Waals surface area contributed by atoms with Gasteiger partial charge in [-0.05, 0) is 129 Å². The summed E-state index contributed by atoms with van der Waals surface area (Å²) in [5, 5.41) is 7.05. The molecule has 0 unspecified atom stereocenters.